The molecule has 9 heteroatoms. The zero-order valence-corrected chi connectivity index (χ0v) is 18.3. The number of carbonyl (C=O) groups excluding carboxylic acids is 5. The van der Waals surface area contributed by atoms with E-state index in [1.165, 1.54) is 12.1 Å². The van der Waals surface area contributed by atoms with Crippen LogP contribution in [0.5, 0.6) is 0 Å². The third-order valence-corrected chi connectivity index (χ3v) is 6.35. The zero-order valence-electron chi connectivity index (χ0n) is 18.3. The maximum Gasteiger partial charge on any atom is 0.338 e. The minimum Gasteiger partial charge on any atom is -0.462 e. The number of nitrogens with one attached hydrogen (secondary N) is 1. The summed E-state index contributed by atoms with van der Waals surface area (Å²) in [6.07, 6.45) is 6.48. The quantitative estimate of drug-likeness (QED) is 0.262. The van der Waals surface area contributed by atoms with E-state index in [0.29, 0.717) is 17.9 Å². The molecule has 9 nitrogen and oxygen atoms in total. The Bertz CT molecular complexity index is 971. The fourth-order valence-electron chi connectivity index (χ4n) is 4.72. The highest BCUT2D eigenvalue weighted by Gasteiger charge is 2.59. The van der Waals surface area contributed by atoms with Crippen LogP contribution in [-0.2, 0) is 28.7 Å². The summed E-state index contributed by atoms with van der Waals surface area (Å²) in [5.74, 6) is -3.15. The molecule has 2 aliphatic carbocycles. The van der Waals surface area contributed by atoms with E-state index in [-0.39, 0.29) is 35.5 Å². The Balaban J connectivity index is 1.22. The predicted molar refractivity (Wildman–Crippen MR) is 116 cm³/mol. The second kappa shape index (κ2) is 9.56. The molecule has 3 amide bonds. The Hall–Kier alpha value is -3.49. The average Bonchev–Trinajstić information content (AvgIpc) is 3.48. The number of unbranched alkanes of at least 4 members (excludes halogenated alkanes) is 1. The molecule has 1 aromatic carbocycles. The van der Waals surface area contributed by atoms with E-state index in [0.717, 1.165) is 24.2 Å². The number of carbonyl (C=O) groups is 5. The van der Waals surface area contributed by atoms with Crippen molar-refractivity contribution in [3.63, 3.8) is 0 Å². The zero-order chi connectivity index (χ0) is 23.5. The second-order valence-corrected chi connectivity index (χ2v) is 8.54. The number of hydrogen-bond donors (Lipinski definition) is 1. The van der Waals surface area contributed by atoms with Gasteiger partial charge in [-0.25, -0.2) is 4.79 Å². The van der Waals surface area contributed by atoms with Gasteiger partial charge in [-0.3, -0.25) is 24.1 Å². The number of rotatable bonds is 9. The van der Waals surface area contributed by atoms with Gasteiger partial charge in [0.05, 0.1) is 24.0 Å². The van der Waals surface area contributed by atoms with Crippen LogP contribution < -0.4 is 5.32 Å². The molecule has 174 valence electrons. The fourth-order valence-corrected chi connectivity index (χ4v) is 4.72. The van der Waals surface area contributed by atoms with Gasteiger partial charge in [0.25, 0.3) is 5.91 Å². The number of amides is 3. The number of allylic oxidation sites excluding steroid dienone is 2. The van der Waals surface area contributed by atoms with Crippen molar-refractivity contribution in [3.05, 3.63) is 42.0 Å². The minimum absolute atomic E-state index is 0.0628. The molecule has 1 heterocycles. The Kier molecular flexibility index (Phi) is 6.57. The first-order valence-electron chi connectivity index (χ1n) is 11.1. The van der Waals surface area contributed by atoms with Crippen LogP contribution in [0.1, 0.15) is 36.5 Å². The van der Waals surface area contributed by atoms with Crippen molar-refractivity contribution in [2.45, 2.75) is 26.2 Å². The first-order chi connectivity index (χ1) is 15.9. The molecule has 0 radical (unpaired) electrons. The molecule has 3 aliphatic rings. The van der Waals surface area contributed by atoms with E-state index >= 15 is 0 Å². The van der Waals surface area contributed by atoms with E-state index in [1.807, 2.05) is 19.1 Å². The van der Waals surface area contributed by atoms with Gasteiger partial charge in [-0.05, 0) is 48.9 Å². The number of ether oxygens (including phenoxy) is 2. The van der Waals surface area contributed by atoms with Crippen LogP contribution in [0.15, 0.2) is 36.4 Å². The standard InChI is InChI=1S/C24H26N2O7/c1-2-3-10-32-24(31)14-6-8-17(9-7-14)25-18(27)13-33-19(28)12-26-22(29)20-15-4-5-16(11-15)21(20)23(26)30/h4-9,15-16,20-21H,2-3,10-13H2,1H3,(H,25,27)/t15-,16-,20+,21+/m0/s1. The van der Waals surface area contributed by atoms with Crippen molar-refractivity contribution >= 4 is 35.3 Å². The molecule has 4 rings (SSSR count). The van der Waals surface area contributed by atoms with E-state index in [1.54, 1.807) is 12.1 Å². The molecule has 0 unspecified atom stereocenters. The van der Waals surface area contributed by atoms with Crippen LogP contribution in [0.3, 0.4) is 0 Å². The van der Waals surface area contributed by atoms with Gasteiger partial charge in [0.1, 0.15) is 6.54 Å². The summed E-state index contributed by atoms with van der Waals surface area (Å²) in [5, 5.41) is 2.56. The number of esters is 2. The van der Waals surface area contributed by atoms with E-state index < -0.39 is 31.0 Å². The second-order valence-electron chi connectivity index (χ2n) is 8.54. The van der Waals surface area contributed by atoms with E-state index in [9.17, 15) is 24.0 Å². The summed E-state index contributed by atoms with van der Waals surface area (Å²) in [7, 11) is 0. The molecule has 0 aromatic heterocycles. The van der Waals surface area contributed by atoms with Gasteiger partial charge >= 0.3 is 11.9 Å². The Labute approximate surface area is 191 Å². The highest BCUT2D eigenvalue weighted by Crippen LogP contribution is 2.52. The van der Waals surface area contributed by atoms with Gasteiger partial charge in [0.15, 0.2) is 6.61 Å². The summed E-state index contributed by atoms with van der Waals surface area (Å²) in [6, 6.07) is 6.14. The number of imide groups is 1. The van der Waals surface area contributed by atoms with Crippen molar-refractivity contribution in [3.8, 4) is 0 Å². The summed E-state index contributed by atoms with van der Waals surface area (Å²) in [6.45, 7) is 1.30. The predicted octanol–water partition coefficient (Wildman–Crippen LogP) is 1.93. The van der Waals surface area contributed by atoms with Crippen LogP contribution in [0.4, 0.5) is 5.69 Å². The smallest absolute Gasteiger partial charge is 0.338 e. The number of likely N-dealkylation sites (tertiary alicyclic amines) is 1. The summed E-state index contributed by atoms with van der Waals surface area (Å²) in [5.41, 5.74) is 0.783. The number of benzene rings is 1. The van der Waals surface area contributed by atoms with Crippen LogP contribution >= 0.6 is 0 Å². The number of anilines is 1. The van der Waals surface area contributed by atoms with Crippen LogP contribution in [0, 0.1) is 23.7 Å². The lowest BCUT2D eigenvalue weighted by molar-refractivity contribution is -0.154. The molecule has 2 fully saturated rings. The molecule has 1 saturated carbocycles. The normalized spacial score (nSPS) is 24.7. The third kappa shape index (κ3) is 4.67. The van der Waals surface area contributed by atoms with Gasteiger partial charge in [-0.1, -0.05) is 25.5 Å². The lowest BCUT2D eigenvalue weighted by atomic mass is 9.85. The van der Waals surface area contributed by atoms with Gasteiger partial charge in [-0.15, -0.1) is 0 Å². The molecule has 2 bridgehead atoms. The van der Waals surface area contributed by atoms with Gasteiger partial charge < -0.3 is 14.8 Å². The summed E-state index contributed by atoms with van der Waals surface area (Å²) < 4.78 is 10.1. The highest BCUT2D eigenvalue weighted by atomic mass is 16.5. The molecule has 0 spiro atoms. The van der Waals surface area contributed by atoms with E-state index in [2.05, 4.69) is 5.32 Å². The molecule has 1 N–H and O–H groups in total. The van der Waals surface area contributed by atoms with E-state index in [4.69, 9.17) is 9.47 Å². The van der Waals surface area contributed by atoms with Crippen LogP contribution in [0.25, 0.3) is 0 Å². The maximum atomic E-state index is 12.6. The number of nitrogens with zero attached hydrogens (tertiary/aromatic N) is 1. The maximum absolute atomic E-state index is 12.6. The SMILES string of the molecule is CCCCOC(=O)c1ccc(NC(=O)COC(=O)CN2C(=O)[C@H]3[C@H](C2=O)[C@H]2C=C[C@H]3C2)cc1. The van der Waals surface area contributed by atoms with Crippen molar-refractivity contribution in [1.82, 2.24) is 4.90 Å². The Morgan fingerprint density at radius 1 is 1.00 bits per heavy atom. The minimum atomic E-state index is -0.822. The number of fused-ring (bicyclic) bond motifs is 5. The summed E-state index contributed by atoms with van der Waals surface area (Å²) >= 11 is 0. The van der Waals surface area contributed by atoms with Crippen molar-refractivity contribution in [2.24, 2.45) is 23.7 Å². The lowest BCUT2D eigenvalue weighted by Gasteiger charge is -2.16. The summed E-state index contributed by atoms with van der Waals surface area (Å²) in [4.78, 5) is 62.3. The molecule has 4 atom stereocenters. The van der Waals surface area contributed by atoms with Gasteiger partial charge in [-0.2, -0.15) is 0 Å². The molecule has 1 aromatic rings. The molecular formula is C24H26N2O7. The molecular weight excluding hydrogens is 428 g/mol. The van der Waals surface area contributed by atoms with Crippen LogP contribution in [0.2, 0.25) is 0 Å². The van der Waals surface area contributed by atoms with Crippen molar-refractivity contribution in [1.29, 1.82) is 0 Å². The topological polar surface area (TPSA) is 119 Å². The largest absolute Gasteiger partial charge is 0.462 e. The monoisotopic (exact) mass is 454 g/mol. The van der Waals surface area contributed by atoms with Gasteiger partial charge in [0, 0.05) is 5.69 Å². The molecule has 33 heavy (non-hydrogen) atoms. The number of hydrogen-bond acceptors (Lipinski definition) is 7. The highest BCUT2D eigenvalue weighted by molar-refractivity contribution is 6.08. The molecule has 1 saturated heterocycles. The van der Waals surface area contributed by atoms with Crippen LogP contribution in [-0.4, -0.2) is 54.3 Å². The Morgan fingerprint density at radius 3 is 2.24 bits per heavy atom. The Morgan fingerprint density at radius 2 is 1.64 bits per heavy atom. The van der Waals surface area contributed by atoms with Crippen molar-refractivity contribution in [2.75, 3.05) is 25.1 Å². The van der Waals surface area contributed by atoms with Gasteiger partial charge in [0.2, 0.25) is 11.8 Å². The first-order valence-corrected chi connectivity index (χ1v) is 11.1. The van der Waals surface area contributed by atoms with Crippen molar-refractivity contribution < 1.29 is 33.4 Å². The molecule has 1 aliphatic heterocycles. The first kappa shape index (κ1) is 22.7. The fraction of sp³-hybridized carbons (Fsp3) is 0.458. The lowest BCUT2D eigenvalue weighted by Crippen LogP contribution is -2.38. The third-order valence-electron chi connectivity index (χ3n) is 6.35. The average molecular weight is 454 g/mol.